The molecule has 2 atom stereocenters. The fourth-order valence-corrected chi connectivity index (χ4v) is 5.61. The van der Waals surface area contributed by atoms with E-state index in [-0.39, 0.29) is 0 Å². The van der Waals surface area contributed by atoms with E-state index < -0.39 is 0 Å². The molecule has 0 spiro atoms. The average Bonchev–Trinajstić information content (AvgIpc) is 3.33. The topological polar surface area (TPSA) is 74.1 Å². The molecule has 3 fully saturated rings. The third-order valence-electron chi connectivity index (χ3n) is 7.74. The van der Waals surface area contributed by atoms with Gasteiger partial charge in [-0.1, -0.05) is 35.5 Å². The monoisotopic (exact) mass is 481 g/mol. The molecule has 0 saturated carbocycles. The van der Waals surface area contributed by atoms with Crippen LogP contribution in [0.2, 0.25) is 0 Å². The predicted octanol–water partition coefficient (Wildman–Crippen LogP) is 2.01. The summed E-state index contributed by atoms with van der Waals surface area (Å²) in [6.07, 6.45) is 2.55. The Morgan fingerprint density at radius 1 is 0.971 bits per heavy atom. The maximum atomic E-state index is 13.2. The first-order valence-electron chi connectivity index (χ1n) is 13.2. The van der Waals surface area contributed by atoms with Gasteiger partial charge in [0.15, 0.2) is 5.76 Å². The van der Waals surface area contributed by atoms with Gasteiger partial charge in [0.25, 0.3) is 0 Å². The summed E-state index contributed by atoms with van der Waals surface area (Å²) in [7, 11) is 0. The Bertz CT molecular complexity index is 922. The first-order chi connectivity index (χ1) is 17.2. The molecule has 35 heavy (non-hydrogen) atoms. The van der Waals surface area contributed by atoms with E-state index >= 15 is 0 Å². The molecule has 0 radical (unpaired) electrons. The molecule has 8 nitrogen and oxygen atoms in total. The number of morpholine rings is 1. The summed E-state index contributed by atoms with van der Waals surface area (Å²) in [5.41, 5.74) is 2.35. The van der Waals surface area contributed by atoms with E-state index in [0.717, 1.165) is 103 Å². The Balaban J connectivity index is 1.09. The Hall–Kier alpha value is -2.26. The molecule has 1 aromatic heterocycles. The number of hydrogen-bond acceptors (Lipinski definition) is 7. The van der Waals surface area contributed by atoms with Crippen LogP contribution in [-0.4, -0.2) is 91.3 Å². The molecule has 3 aliphatic heterocycles. The maximum Gasteiger partial charge on any atom is 0.222 e. The summed E-state index contributed by atoms with van der Waals surface area (Å²) in [6, 6.07) is 12.7. The lowest BCUT2D eigenvalue weighted by molar-refractivity contribution is -0.134. The largest absolute Gasteiger partial charge is 0.379 e. The number of ether oxygens (including phenoxy) is 1. The van der Waals surface area contributed by atoms with Crippen molar-refractivity contribution in [3.8, 4) is 0 Å². The van der Waals surface area contributed by atoms with Crippen molar-refractivity contribution in [3.63, 3.8) is 0 Å². The molecule has 1 amide bonds. The predicted molar refractivity (Wildman–Crippen MR) is 134 cm³/mol. The maximum absolute atomic E-state index is 13.2. The Kier molecular flexibility index (Phi) is 8.46. The fraction of sp³-hybridized carbons (Fsp3) is 0.630. The molecule has 1 aromatic carbocycles. The normalized spacial score (nSPS) is 24.5. The van der Waals surface area contributed by atoms with Crippen LogP contribution in [0.25, 0.3) is 0 Å². The summed E-state index contributed by atoms with van der Waals surface area (Å²) in [5, 5.41) is 7.89. The SMILES string of the molecule is O=C(C[C@@H]1CCNC[C@@H]1Cc1cc(CN2CCOCC2)on1)N1CCN(Cc2ccccc2)CC1. The van der Waals surface area contributed by atoms with E-state index in [4.69, 9.17) is 9.26 Å². The molecule has 2 aromatic rings. The van der Waals surface area contributed by atoms with Crippen LogP contribution in [0.1, 0.15) is 29.9 Å². The van der Waals surface area contributed by atoms with Crippen LogP contribution in [0.5, 0.6) is 0 Å². The second-order valence-corrected chi connectivity index (χ2v) is 10.2. The molecule has 5 rings (SSSR count). The zero-order chi connectivity index (χ0) is 23.9. The quantitative estimate of drug-likeness (QED) is 0.618. The van der Waals surface area contributed by atoms with Gasteiger partial charge in [-0.25, -0.2) is 0 Å². The van der Waals surface area contributed by atoms with E-state index in [1.165, 1.54) is 5.56 Å². The third kappa shape index (κ3) is 6.91. The highest BCUT2D eigenvalue weighted by Gasteiger charge is 2.31. The molecular formula is C27H39N5O3. The van der Waals surface area contributed by atoms with Gasteiger partial charge in [-0.3, -0.25) is 14.6 Å². The number of aromatic nitrogens is 1. The molecular weight excluding hydrogens is 442 g/mol. The lowest BCUT2D eigenvalue weighted by Crippen LogP contribution is -2.49. The van der Waals surface area contributed by atoms with E-state index in [1.807, 2.05) is 0 Å². The number of nitrogens with one attached hydrogen (secondary N) is 1. The van der Waals surface area contributed by atoms with Gasteiger partial charge >= 0.3 is 0 Å². The van der Waals surface area contributed by atoms with E-state index in [2.05, 4.69) is 61.6 Å². The number of amides is 1. The Labute approximate surface area is 208 Å². The lowest BCUT2D eigenvalue weighted by Gasteiger charge is -2.37. The minimum Gasteiger partial charge on any atom is -0.379 e. The number of carbonyl (C=O) groups is 1. The van der Waals surface area contributed by atoms with Gasteiger partial charge in [-0.15, -0.1) is 0 Å². The second kappa shape index (κ2) is 12.1. The number of piperazine rings is 1. The summed E-state index contributed by atoms with van der Waals surface area (Å²) in [6.45, 7) is 10.7. The van der Waals surface area contributed by atoms with Gasteiger partial charge < -0.3 is 19.5 Å². The van der Waals surface area contributed by atoms with Crippen LogP contribution in [-0.2, 0) is 29.0 Å². The van der Waals surface area contributed by atoms with E-state index in [1.54, 1.807) is 0 Å². The average molecular weight is 482 g/mol. The van der Waals surface area contributed by atoms with Crippen molar-refractivity contribution in [3.05, 3.63) is 53.4 Å². The van der Waals surface area contributed by atoms with Crippen molar-refractivity contribution in [2.24, 2.45) is 11.8 Å². The Morgan fingerprint density at radius 3 is 2.54 bits per heavy atom. The van der Waals surface area contributed by atoms with Gasteiger partial charge in [-0.05, 0) is 43.3 Å². The van der Waals surface area contributed by atoms with Crippen molar-refractivity contribution >= 4 is 5.91 Å². The molecule has 190 valence electrons. The zero-order valence-corrected chi connectivity index (χ0v) is 20.7. The highest BCUT2D eigenvalue weighted by molar-refractivity contribution is 5.76. The van der Waals surface area contributed by atoms with Crippen molar-refractivity contribution in [1.82, 2.24) is 25.2 Å². The van der Waals surface area contributed by atoms with Gasteiger partial charge in [-0.2, -0.15) is 0 Å². The van der Waals surface area contributed by atoms with Gasteiger partial charge in [0.2, 0.25) is 5.91 Å². The first kappa shape index (κ1) is 24.4. The summed E-state index contributed by atoms with van der Waals surface area (Å²) in [4.78, 5) is 20.1. The highest BCUT2D eigenvalue weighted by atomic mass is 16.5. The number of carbonyl (C=O) groups excluding carboxylic acids is 1. The summed E-state index contributed by atoms with van der Waals surface area (Å²) in [5.74, 6) is 2.04. The molecule has 0 bridgehead atoms. The molecule has 0 aliphatic carbocycles. The first-order valence-corrected chi connectivity index (χ1v) is 13.2. The van der Waals surface area contributed by atoms with Gasteiger partial charge in [0, 0.05) is 58.3 Å². The minimum atomic E-state index is 0.314. The van der Waals surface area contributed by atoms with Crippen LogP contribution in [0, 0.1) is 11.8 Å². The molecule has 1 N–H and O–H groups in total. The van der Waals surface area contributed by atoms with Crippen LogP contribution < -0.4 is 5.32 Å². The van der Waals surface area contributed by atoms with Crippen molar-refractivity contribution < 1.29 is 14.1 Å². The van der Waals surface area contributed by atoms with Crippen LogP contribution in [0.3, 0.4) is 0 Å². The van der Waals surface area contributed by atoms with Crippen LogP contribution in [0.4, 0.5) is 0 Å². The Morgan fingerprint density at radius 2 is 1.74 bits per heavy atom. The molecule has 0 unspecified atom stereocenters. The summed E-state index contributed by atoms with van der Waals surface area (Å²) >= 11 is 0. The standard InChI is InChI=1S/C27H39N5O3/c33-27(32-10-8-30(9-11-32)20-22-4-2-1-3-5-22)17-23-6-7-28-19-24(23)16-25-18-26(35-29-25)21-31-12-14-34-15-13-31/h1-5,18,23-24,28H,6-17,19-21H2/t23-,24-/m0/s1. The summed E-state index contributed by atoms with van der Waals surface area (Å²) < 4.78 is 11.1. The number of benzene rings is 1. The number of nitrogens with zero attached hydrogens (tertiary/aromatic N) is 4. The molecule has 3 saturated heterocycles. The van der Waals surface area contributed by atoms with Crippen molar-refractivity contribution in [2.45, 2.75) is 32.4 Å². The highest BCUT2D eigenvalue weighted by Crippen LogP contribution is 2.27. The van der Waals surface area contributed by atoms with Gasteiger partial charge in [0.05, 0.1) is 25.5 Å². The van der Waals surface area contributed by atoms with Crippen molar-refractivity contribution in [1.29, 1.82) is 0 Å². The zero-order valence-electron chi connectivity index (χ0n) is 20.7. The number of rotatable bonds is 8. The molecule has 3 aliphatic rings. The third-order valence-corrected chi connectivity index (χ3v) is 7.74. The van der Waals surface area contributed by atoms with Crippen molar-refractivity contribution in [2.75, 3.05) is 65.6 Å². The van der Waals surface area contributed by atoms with Crippen LogP contribution >= 0.6 is 0 Å². The second-order valence-electron chi connectivity index (χ2n) is 10.2. The minimum absolute atomic E-state index is 0.314. The lowest BCUT2D eigenvalue weighted by atomic mass is 9.81. The number of hydrogen-bond donors (Lipinski definition) is 1. The smallest absolute Gasteiger partial charge is 0.222 e. The number of piperidine rings is 1. The van der Waals surface area contributed by atoms with Crippen LogP contribution in [0.15, 0.2) is 40.9 Å². The van der Waals surface area contributed by atoms with Gasteiger partial charge in [0.1, 0.15) is 0 Å². The fourth-order valence-electron chi connectivity index (χ4n) is 5.61. The molecule has 8 heteroatoms. The van der Waals surface area contributed by atoms with E-state index in [9.17, 15) is 4.79 Å². The van der Waals surface area contributed by atoms with E-state index in [0.29, 0.717) is 24.2 Å². The molecule has 4 heterocycles.